The lowest BCUT2D eigenvalue weighted by molar-refractivity contribution is -0.124. The number of halogens is 2. The molecule has 0 radical (unpaired) electrons. The van der Waals surface area contributed by atoms with Crippen LogP contribution in [0.15, 0.2) is 18.2 Å². The van der Waals surface area contributed by atoms with Crippen LogP contribution in [0.2, 0.25) is 0 Å². The number of nitrogens with zero attached hydrogens (tertiary/aromatic N) is 1. The predicted octanol–water partition coefficient (Wildman–Crippen LogP) is 2.95. The summed E-state index contributed by atoms with van der Waals surface area (Å²) in [7, 11) is 0. The largest absolute Gasteiger partial charge is 0.353 e. The lowest BCUT2D eigenvalue weighted by Gasteiger charge is -2.31. The highest BCUT2D eigenvalue weighted by atomic mass is 19.1. The zero-order valence-corrected chi connectivity index (χ0v) is 17.0. The van der Waals surface area contributed by atoms with Gasteiger partial charge in [-0.1, -0.05) is 19.9 Å². The second-order valence-corrected chi connectivity index (χ2v) is 7.51. The van der Waals surface area contributed by atoms with Gasteiger partial charge >= 0.3 is 0 Å². The van der Waals surface area contributed by atoms with E-state index in [0.717, 1.165) is 12.1 Å². The molecule has 0 aliphatic carbocycles. The molecule has 152 valence electrons. The van der Waals surface area contributed by atoms with Crippen molar-refractivity contribution in [2.45, 2.75) is 59.7 Å². The Morgan fingerprint density at radius 1 is 1.00 bits per heavy atom. The van der Waals surface area contributed by atoms with Gasteiger partial charge in [-0.3, -0.25) is 14.5 Å². The molecule has 2 amide bonds. The molecule has 1 aromatic rings. The van der Waals surface area contributed by atoms with Gasteiger partial charge in [-0.15, -0.1) is 0 Å². The predicted molar refractivity (Wildman–Crippen MR) is 102 cm³/mol. The summed E-state index contributed by atoms with van der Waals surface area (Å²) < 4.78 is 27.6. The van der Waals surface area contributed by atoms with Gasteiger partial charge in [-0.05, 0) is 45.7 Å². The minimum atomic E-state index is -0.958. The van der Waals surface area contributed by atoms with E-state index in [-0.39, 0.29) is 11.8 Å². The Kier molecular flexibility index (Phi) is 8.82. The lowest BCUT2D eigenvalue weighted by atomic mass is 10.0. The molecule has 0 unspecified atom stereocenters. The van der Waals surface area contributed by atoms with Crippen LogP contribution >= 0.6 is 0 Å². The van der Waals surface area contributed by atoms with E-state index in [4.69, 9.17) is 0 Å². The van der Waals surface area contributed by atoms with Gasteiger partial charge in [0.1, 0.15) is 23.2 Å². The van der Waals surface area contributed by atoms with E-state index >= 15 is 0 Å². The Labute approximate surface area is 160 Å². The van der Waals surface area contributed by atoms with Gasteiger partial charge in [0.05, 0.1) is 0 Å². The Bertz CT molecular complexity index is 620. The smallest absolute Gasteiger partial charge is 0.257 e. The molecule has 1 rings (SSSR count). The molecule has 0 bridgehead atoms. The molecule has 0 fully saturated rings. The van der Waals surface area contributed by atoms with Crippen molar-refractivity contribution in [3.05, 3.63) is 35.4 Å². The Morgan fingerprint density at radius 2 is 1.52 bits per heavy atom. The Morgan fingerprint density at radius 3 is 1.96 bits per heavy atom. The lowest BCUT2D eigenvalue weighted by Crippen LogP contribution is -2.51. The number of hydrogen-bond donors (Lipinski definition) is 2. The van der Waals surface area contributed by atoms with E-state index in [9.17, 15) is 18.4 Å². The highest BCUT2D eigenvalue weighted by Crippen LogP contribution is 2.13. The van der Waals surface area contributed by atoms with E-state index in [2.05, 4.69) is 43.2 Å². The second-order valence-electron chi connectivity index (χ2n) is 7.51. The number of rotatable bonds is 9. The average molecular weight is 383 g/mol. The zero-order chi connectivity index (χ0) is 20.7. The summed E-state index contributed by atoms with van der Waals surface area (Å²) in [5, 5.41) is 5.26. The fraction of sp³-hybridized carbons (Fsp3) is 0.600. The number of hydrogen-bond acceptors (Lipinski definition) is 3. The van der Waals surface area contributed by atoms with Crippen LogP contribution in [0.4, 0.5) is 8.78 Å². The zero-order valence-electron chi connectivity index (χ0n) is 17.0. The van der Waals surface area contributed by atoms with Gasteiger partial charge in [0, 0.05) is 25.2 Å². The molecule has 27 heavy (non-hydrogen) atoms. The summed E-state index contributed by atoms with van der Waals surface area (Å²) in [6.07, 6.45) is 0. The van der Waals surface area contributed by atoms with Gasteiger partial charge in [0.2, 0.25) is 5.91 Å². The molecule has 7 heteroatoms. The van der Waals surface area contributed by atoms with Crippen molar-refractivity contribution in [3.8, 4) is 0 Å². The van der Waals surface area contributed by atoms with E-state index in [1.54, 1.807) is 13.8 Å². The van der Waals surface area contributed by atoms with Crippen LogP contribution in [-0.2, 0) is 4.79 Å². The monoisotopic (exact) mass is 383 g/mol. The van der Waals surface area contributed by atoms with Crippen LogP contribution in [-0.4, -0.2) is 47.9 Å². The number of benzene rings is 1. The van der Waals surface area contributed by atoms with Crippen molar-refractivity contribution < 1.29 is 18.4 Å². The minimum Gasteiger partial charge on any atom is -0.353 e. The summed E-state index contributed by atoms with van der Waals surface area (Å²) in [5.74, 6) is -3.47. The number of carbonyl (C=O) groups excluding carboxylic acids is 2. The average Bonchev–Trinajstić information content (AvgIpc) is 2.55. The normalized spacial score (nSPS) is 12.7. The van der Waals surface area contributed by atoms with E-state index in [1.165, 1.54) is 6.07 Å². The van der Waals surface area contributed by atoms with Gasteiger partial charge in [-0.2, -0.15) is 0 Å². The fourth-order valence-electron chi connectivity index (χ4n) is 2.99. The minimum absolute atomic E-state index is 0.241. The quantitative estimate of drug-likeness (QED) is 0.689. The summed E-state index contributed by atoms with van der Waals surface area (Å²) in [4.78, 5) is 27.0. The highest BCUT2D eigenvalue weighted by Gasteiger charge is 2.27. The van der Waals surface area contributed by atoms with Crippen LogP contribution in [0.25, 0.3) is 0 Å². The van der Waals surface area contributed by atoms with Gasteiger partial charge in [-0.25, -0.2) is 8.78 Å². The summed E-state index contributed by atoms with van der Waals surface area (Å²) in [6.45, 7) is 12.9. The fourth-order valence-corrected chi connectivity index (χ4v) is 2.99. The van der Waals surface area contributed by atoms with Crippen molar-refractivity contribution in [3.63, 3.8) is 0 Å². The third-order valence-electron chi connectivity index (χ3n) is 4.42. The molecule has 0 aromatic heterocycles. The first-order valence-corrected chi connectivity index (χ1v) is 9.34. The van der Waals surface area contributed by atoms with Crippen LogP contribution in [0, 0.1) is 17.6 Å². The maximum Gasteiger partial charge on any atom is 0.257 e. The van der Waals surface area contributed by atoms with Crippen molar-refractivity contribution in [1.82, 2.24) is 15.5 Å². The van der Waals surface area contributed by atoms with Crippen molar-refractivity contribution >= 4 is 11.8 Å². The molecule has 5 nitrogen and oxygen atoms in total. The number of carbonyl (C=O) groups is 2. The molecule has 0 spiro atoms. The van der Waals surface area contributed by atoms with Crippen molar-refractivity contribution in [2.75, 3.05) is 13.1 Å². The number of amides is 2. The third kappa shape index (κ3) is 6.57. The van der Waals surface area contributed by atoms with Gasteiger partial charge in [0.15, 0.2) is 0 Å². The molecule has 0 heterocycles. The maximum absolute atomic E-state index is 13.8. The SMILES string of the molecule is CC(C)[C@@H](NC(=O)c1c(F)cccc1F)C(=O)NCCN(C(C)C)C(C)C. The standard InChI is InChI=1S/C20H31F2N3O2/c1-12(2)18(20(27)23-10-11-25(13(3)4)14(5)6)24-19(26)17-15(21)8-7-9-16(17)22/h7-9,12-14,18H,10-11H2,1-6H3,(H,23,27)(H,24,26)/t18-/m1/s1. The molecule has 2 N–H and O–H groups in total. The molecular formula is C20H31F2N3O2. The molecule has 0 saturated heterocycles. The van der Waals surface area contributed by atoms with Crippen molar-refractivity contribution in [2.24, 2.45) is 5.92 Å². The number of nitrogens with one attached hydrogen (secondary N) is 2. The Balaban J connectivity index is 2.75. The third-order valence-corrected chi connectivity index (χ3v) is 4.42. The van der Waals surface area contributed by atoms with Crippen LogP contribution < -0.4 is 10.6 Å². The summed E-state index contributed by atoms with van der Waals surface area (Å²) in [5.41, 5.74) is -0.679. The van der Waals surface area contributed by atoms with Crippen molar-refractivity contribution in [1.29, 1.82) is 0 Å². The molecule has 1 aromatic carbocycles. The van der Waals surface area contributed by atoms with E-state index < -0.39 is 29.1 Å². The molecule has 1 atom stereocenters. The van der Waals surface area contributed by atoms with E-state index in [1.807, 2.05) is 0 Å². The summed E-state index contributed by atoms with van der Waals surface area (Å²) in [6, 6.07) is 2.99. The van der Waals surface area contributed by atoms with E-state index in [0.29, 0.717) is 25.2 Å². The first kappa shape index (κ1) is 23.0. The molecule has 0 aliphatic heterocycles. The van der Waals surface area contributed by atoms with Gasteiger partial charge < -0.3 is 10.6 Å². The summed E-state index contributed by atoms with van der Waals surface area (Å²) >= 11 is 0. The molecule has 0 aliphatic rings. The first-order chi connectivity index (χ1) is 12.6. The van der Waals surface area contributed by atoms with Crippen LogP contribution in [0.5, 0.6) is 0 Å². The maximum atomic E-state index is 13.8. The first-order valence-electron chi connectivity index (χ1n) is 9.34. The Hall–Kier alpha value is -2.02. The van der Waals surface area contributed by atoms with Crippen LogP contribution in [0.3, 0.4) is 0 Å². The topological polar surface area (TPSA) is 61.4 Å². The van der Waals surface area contributed by atoms with Gasteiger partial charge in [0.25, 0.3) is 5.91 Å². The molecular weight excluding hydrogens is 352 g/mol. The van der Waals surface area contributed by atoms with Crippen LogP contribution in [0.1, 0.15) is 51.9 Å². The molecule has 0 saturated carbocycles. The highest BCUT2D eigenvalue weighted by molar-refractivity contribution is 5.98. The second kappa shape index (κ2) is 10.3.